The Morgan fingerprint density at radius 2 is 1.93 bits per heavy atom. The molecule has 1 aromatic carbocycles. The van der Waals surface area contributed by atoms with Crippen LogP contribution in [0.2, 0.25) is 0 Å². The van der Waals surface area contributed by atoms with Crippen LogP contribution in [0.4, 0.5) is 24.5 Å². The molecule has 1 heterocycles. The summed E-state index contributed by atoms with van der Waals surface area (Å²) in [5, 5.41) is 6.27. The lowest BCUT2D eigenvalue weighted by molar-refractivity contribution is -0.159. The molecule has 0 fully saturated rings. The Morgan fingerprint density at radius 1 is 1.21 bits per heavy atom. The van der Waals surface area contributed by atoms with Crippen molar-refractivity contribution in [1.82, 2.24) is 10.1 Å². The molecule has 0 unspecified atom stereocenters. The van der Waals surface area contributed by atoms with E-state index in [4.69, 9.17) is 0 Å². The molecule has 2 rings (SSSR count). The van der Waals surface area contributed by atoms with Crippen LogP contribution >= 0.6 is 0 Å². The lowest BCUT2D eigenvalue weighted by Crippen LogP contribution is -2.30. The first-order valence-corrected chi connectivity index (χ1v) is 8.98. The van der Waals surface area contributed by atoms with Crippen molar-refractivity contribution in [1.29, 1.82) is 0 Å². The molecule has 0 saturated heterocycles. The Bertz CT molecular complexity index is 800. The minimum absolute atomic E-state index is 0.0232. The average Bonchev–Trinajstić information content (AvgIpc) is 3.08. The summed E-state index contributed by atoms with van der Waals surface area (Å²) < 4.78 is 41.5. The molecule has 0 bridgehead atoms. The second kappa shape index (κ2) is 8.62. The van der Waals surface area contributed by atoms with Crippen molar-refractivity contribution in [2.24, 2.45) is 5.41 Å². The zero-order valence-corrected chi connectivity index (χ0v) is 16.4. The summed E-state index contributed by atoms with van der Waals surface area (Å²) in [6.07, 6.45) is -2.58. The van der Waals surface area contributed by atoms with E-state index in [1.807, 2.05) is 57.1 Å². The third-order valence-corrected chi connectivity index (χ3v) is 4.40. The number of nitrogens with one attached hydrogen (secondary N) is 1. The smallest absolute Gasteiger partial charge is 0.378 e. The second-order valence-corrected chi connectivity index (χ2v) is 7.50. The monoisotopic (exact) mass is 398 g/mol. The fourth-order valence-electron chi connectivity index (χ4n) is 2.60. The van der Waals surface area contributed by atoms with Crippen LogP contribution in [0.25, 0.3) is 0 Å². The molecule has 0 aliphatic carbocycles. The summed E-state index contributed by atoms with van der Waals surface area (Å²) in [7, 11) is 3.85. The molecule has 1 N–H and O–H groups in total. The van der Waals surface area contributed by atoms with Crippen molar-refractivity contribution >= 4 is 17.3 Å². The first-order chi connectivity index (χ1) is 13.0. The largest absolute Gasteiger partial charge is 0.471 e. The van der Waals surface area contributed by atoms with Gasteiger partial charge in [0.2, 0.25) is 5.91 Å². The minimum Gasteiger partial charge on any atom is -0.378 e. The van der Waals surface area contributed by atoms with E-state index < -0.39 is 17.5 Å². The highest BCUT2D eigenvalue weighted by molar-refractivity contribution is 5.95. The molecule has 2 aromatic rings. The van der Waals surface area contributed by atoms with Crippen molar-refractivity contribution in [2.45, 2.75) is 45.7 Å². The van der Waals surface area contributed by atoms with Gasteiger partial charge in [-0.15, -0.1) is 0 Å². The van der Waals surface area contributed by atoms with Crippen LogP contribution in [-0.2, 0) is 17.4 Å². The summed E-state index contributed by atoms with van der Waals surface area (Å²) in [5.41, 5.74) is 1.08. The number of unbranched alkanes of at least 4 members (excludes halogenated alkanes) is 1. The van der Waals surface area contributed by atoms with E-state index in [0.29, 0.717) is 19.3 Å². The van der Waals surface area contributed by atoms with E-state index in [9.17, 15) is 18.0 Å². The molecule has 6 nitrogen and oxygen atoms in total. The molecule has 1 aromatic heterocycles. The number of nitrogens with zero attached hydrogens (tertiary/aromatic N) is 3. The predicted octanol–water partition coefficient (Wildman–Crippen LogP) is 4.53. The molecule has 0 saturated carbocycles. The zero-order chi connectivity index (χ0) is 20.9. The van der Waals surface area contributed by atoms with Gasteiger partial charge in [0.1, 0.15) is 0 Å². The molecule has 9 heteroatoms. The summed E-state index contributed by atoms with van der Waals surface area (Å²) in [4.78, 5) is 17.9. The minimum atomic E-state index is -4.63. The summed E-state index contributed by atoms with van der Waals surface area (Å²) in [6, 6.07) is 7.54. The average molecular weight is 398 g/mol. The van der Waals surface area contributed by atoms with Gasteiger partial charge in [-0.05, 0) is 31.0 Å². The number of amides is 1. The van der Waals surface area contributed by atoms with Crippen molar-refractivity contribution in [2.75, 3.05) is 24.3 Å². The van der Waals surface area contributed by atoms with Gasteiger partial charge in [-0.3, -0.25) is 4.79 Å². The number of alkyl halides is 3. The third-order valence-electron chi connectivity index (χ3n) is 4.40. The van der Waals surface area contributed by atoms with Gasteiger partial charge in [-0.1, -0.05) is 31.5 Å². The molecule has 0 atom stereocenters. The van der Waals surface area contributed by atoms with Gasteiger partial charge >= 0.3 is 12.1 Å². The zero-order valence-electron chi connectivity index (χ0n) is 16.4. The quantitative estimate of drug-likeness (QED) is 0.662. The predicted molar refractivity (Wildman–Crippen MR) is 100 cm³/mol. The van der Waals surface area contributed by atoms with Crippen LogP contribution in [0.3, 0.4) is 0 Å². The normalized spacial score (nSPS) is 12.1. The maximum Gasteiger partial charge on any atom is 0.471 e. The molecule has 154 valence electrons. The molecule has 1 amide bonds. The summed E-state index contributed by atoms with van der Waals surface area (Å²) >= 11 is 0. The van der Waals surface area contributed by atoms with Gasteiger partial charge in [0.05, 0.1) is 0 Å². The molecule has 0 spiro atoms. The fourth-order valence-corrected chi connectivity index (χ4v) is 2.60. The van der Waals surface area contributed by atoms with Crippen molar-refractivity contribution in [3.63, 3.8) is 0 Å². The summed E-state index contributed by atoms with van der Waals surface area (Å²) in [5.74, 6) is -1.42. The standard InChI is InChI=1S/C19H25F3N4O2/c1-18(2,16(27)23-13-8-7-9-14(12-13)26(3)4)11-6-5-10-15-24-17(28-25-15)19(20,21)22/h7-9,12H,5-6,10-11H2,1-4H3,(H,23,27). The van der Waals surface area contributed by atoms with Crippen LogP contribution < -0.4 is 10.2 Å². The first kappa shape index (κ1) is 21.7. The SMILES string of the molecule is CN(C)c1cccc(NC(=O)C(C)(C)CCCCc2noc(C(F)(F)F)n2)c1. The first-order valence-electron chi connectivity index (χ1n) is 8.98. The molecular formula is C19H25F3N4O2. The fraction of sp³-hybridized carbons (Fsp3) is 0.526. The van der Waals surface area contributed by atoms with Crippen molar-refractivity contribution in [3.05, 3.63) is 36.0 Å². The number of hydrogen-bond donors (Lipinski definition) is 1. The van der Waals surface area contributed by atoms with Gasteiger partial charge in [0, 0.05) is 37.3 Å². The topological polar surface area (TPSA) is 71.3 Å². The number of carbonyl (C=O) groups is 1. The van der Waals surface area contributed by atoms with Crippen LogP contribution in [0, 0.1) is 5.41 Å². The number of aryl methyl sites for hydroxylation is 1. The number of halogens is 3. The number of carbonyl (C=O) groups excluding carboxylic acids is 1. The number of anilines is 2. The van der Waals surface area contributed by atoms with Crippen LogP contribution in [0.5, 0.6) is 0 Å². The third kappa shape index (κ3) is 5.97. The van der Waals surface area contributed by atoms with Crippen molar-refractivity contribution < 1.29 is 22.5 Å². The lowest BCUT2D eigenvalue weighted by atomic mass is 9.86. The lowest BCUT2D eigenvalue weighted by Gasteiger charge is -2.24. The van der Waals surface area contributed by atoms with Gasteiger partial charge in [-0.25, -0.2) is 0 Å². The van der Waals surface area contributed by atoms with E-state index in [0.717, 1.165) is 11.4 Å². The van der Waals surface area contributed by atoms with E-state index in [2.05, 4.69) is 20.0 Å². The van der Waals surface area contributed by atoms with E-state index in [-0.39, 0.29) is 18.2 Å². The molecular weight excluding hydrogens is 373 g/mol. The highest BCUT2D eigenvalue weighted by Crippen LogP contribution is 2.29. The Balaban J connectivity index is 1.83. The van der Waals surface area contributed by atoms with Gasteiger partial charge in [0.25, 0.3) is 0 Å². The molecule has 0 aliphatic rings. The second-order valence-electron chi connectivity index (χ2n) is 7.50. The number of rotatable bonds is 8. The van der Waals surface area contributed by atoms with E-state index in [1.165, 1.54) is 0 Å². The van der Waals surface area contributed by atoms with Gasteiger partial charge < -0.3 is 14.7 Å². The molecule has 0 aliphatic heterocycles. The number of hydrogen-bond acceptors (Lipinski definition) is 5. The Kier molecular flexibility index (Phi) is 6.69. The highest BCUT2D eigenvalue weighted by atomic mass is 19.4. The number of aromatic nitrogens is 2. The Hall–Kier alpha value is -2.58. The van der Waals surface area contributed by atoms with Crippen LogP contribution in [0.15, 0.2) is 28.8 Å². The van der Waals surface area contributed by atoms with Gasteiger partial charge in [-0.2, -0.15) is 18.2 Å². The molecule has 28 heavy (non-hydrogen) atoms. The van der Waals surface area contributed by atoms with Crippen LogP contribution in [0.1, 0.15) is 44.8 Å². The maximum atomic E-state index is 12.6. The van der Waals surface area contributed by atoms with E-state index in [1.54, 1.807) is 0 Å². The Morgan fingerprint density at radius 3 is 2.54 bits per heavy atom. The maximum absolute atomic E-state index is 12.6. The number of benzene rings is 1. The van der Waals surface area contributed by atoms with E-state index >= 15 is 0 Å². The van der Waals surface area contributed by atoms with Gasteiger partial charge in [0.15, 0.2) is 5.82 Å². The van der Waals surface area contributed by atoms with Crippen molar-refractivity contribution in [3.8, 4) is 0 Å². The highest BCUT2D eigenvalue weighted by Gasteiger charge is 2.38. The van der Waals surface area contributed by atoms with Crippen LogP contribution in [-0.4, -0.2) is 30.1 Å². The molecule has 0 radical (unpaired) electrons. The summed E-state index contributed by atoms with van der Waals surface area (Å²) in [6.45, 7) is 3.68. The Labute approximate surface area is 162 Å².